The largest absolute Gasteiger partial charge is 0.490 e. The van der Waals surface area contributed by atoms with Gasteiger partial charge < -0.3 is 29.7 Å². The molecule has 0 aliphatic carbocycles. The number of ether oxygens (including phenoxy) is 3. The molecule has 1 fully saturated rings. The molecule has 0 spiro atoms. The van der Waals surface area contributed by atoms with E-state index in [9.17, 15) is 4.79 Å². The van der Waals surface area contributed by atoms with Gasteiger partial charge in [-0.15, -0.1) is 12.4 Å². The maximum atomic E-state index is 13.0. The Morgan fingerprint density at radius 1 is 0.963 bits per heavy atom. The molecule has 0 atom stereocenters. The van der Waals surface area contributed by atoms with Gasteiger partial charge in [-0.1, -0.05) is 0 Å². The summed E-state index contributed by atoms with van der Waals surface area (Å²) >= 11 is 0. The second-order valence-corrected chi connectivity index (χ2v) is 5.73. The van der Waals surface area contributed by atoms with E-state index in [0.29, 0.717) is 68.8 Å². The van der Waals surface area contributed by atoms with Crippen LogP contribution < -0.4 is 19.9 Å². The van der Waals surface area contributed by atoms with Crippen molar-refractivity contribution in [1.29, 1.82) is 5.41 Å². The van der Waals surface area contributed by atoms with Gasteiger partial charge in [-0.25, -0.2) is 0 Å². The van der Waals surface area contributed by atoms with E-state index in [-0.39, 0.29) is 24.3 Å². The molecule has 27 heavy (non-hydrogen) atoms. The van der Waals surface area contributed by atoms with Crippen molar-refractivity contribution < 1.29 is 19.0 Å². The molecule has 0 radical (unpaired) electrons. The van der Waals surface area contributed by atoms with Gasteiger partial charge in [0.2, 0.25) is 5.75 Å². The van der Waals surface area contributed by atoms with Crippen LogP contribution in [0.3, 0.4) is 0 Å². The zero-order valence-electron chi connectivity index (χ0n) is 16.1. The van der Waals surface area contributed by atoms with Gasteiger partial charge in [-0.05, 0) is 32.9 Å². The predicted octanol–water partition coefficient (Wildman–Crippen LogP) is 1.96. The van der Waals surface area contributed by atoms with Crippen LogP contribution in [0.5, 0.6) is 17.2 Å². The first-order valence-corrected chi connectivity index (χ1v) is 8.97. The summed E-state index contributed by atoms with van der Waals surface area (Å²) < 4.78 is 17.1. The van der Waals surface area contributed by atoms with Gasteiger partial charge in [0.1, 0.15) is 0 Å². The maximum absolute atomic E-state index is 13.0. The highest BCUT2D eigenvalue weighted by Gasteiger charge is 2.28. The quantitative estimate of drug-likeness (QED) is 0.536. The Kier molecular flexibility index (Phi) is 9.00. The third-order valence-electron chi connectivity index (χ3n) is 4.09. The molecule has 0 unspecified atom stereocenters. The van der Waals surface area contributed by atoms with Crippen LogP contribution in [0.1, 0.15) is 31.1 Å². The molecule has 2 rings (SSSR count). The van der Waals surface area contributed by atoms with E-state index >= 15 is 0 Å². The maximum Gasteiger partial charge on any atom is 0.257 e. The molecule has 9 heteroatoms. The van der Waals surface area contributed by atoms with E-state index < -0.39 is 0 Å². The molecule has 1 aromatic carbocycles. The number of halogens is 1. The number of carbonyl (C=O) groups is 1. The molecular formula is C18H29ClN4O4. The van der Waals surface area contributed by atoms with Crippen molar-refractivity contribution in [2.45, 2.75) is 20.8 Å². The summed E-state index contributed by atoms with van der Waals surface area (Å²) in [7, 11) is 0. The van der Waals surface area contributed by atoms with E-state index in [1.54, 1.807) is 21.9 Å². The molecule has 0 bridgehead atoms. The normalized spacial score (nSPS) is 13.6. The highest BCUT2D eigenvalue weighted by molar-refractivity contribution is 5.98. The molecule has 3 N–H and O–H groups in total. The number of nitrogens with one attached hydrogen (secondary N) is 1. The lowest BCUT2D eigenvalue weighted by atomic mass is 10.1. The topological polar surface area (TPSA) is 101 Å². The third-order valence-corrected chi connectivity index (χ3v) is 4.09. The van der Waals surface area contributed by atoms with Gasteiger partial charge in [0.15, 0.2) is 17.5 Å². The van der Waals surface area contributed by atoms with Crippen LogP contribution in [0.2, 0.25) is 0 Å². The Labute approximate surface area is 166 Å². The summed E-state index contributed by atoms with van der Waals surface area (Å²) in [6.07, 6.45) is 0. The van der Waals surface area contributed by atoms with Crippen LogP contribution >= 0.6 is 12.4 Å². The zero-order chi connectivity index (χ0) is 19.1. The summed E-state index contributed by atoms with van der Waals surface area (Å²) in [5, 5.41) is 7.50. The standard InChI is InChI=1S/C18H28N4O4.ClH/c1-4-24-14-8-7-13(15(25-5-2)16(14)26-6-3)17(23)21-9-11-22(12-10-21)18(19)20;/h7-8H,4-6,9-12H2,1-3H3,(H3,19,20);1H. The van der Waals surface area contributed by atoms with Gasteiger partial charge in [0.05, 0.1) is 25.4 Å². The molecule has 1 amide bonds. The van der Waals surface area contributed by atoms with Gasteiger partial charge in [-0.2, -0.15) is 0 Å². The number of guanidine groups is 1. The first-order chi connectivity index (χ1) is 12.5. The number of carbonyl (C=O) groups excluding carboxylic acids is 1. The second-order valence-electron chi connectivity index (χ2n) is 5.73. The fraction of sp³-hybridized carbons (Fsp3) is 0.556. The van der Waals surface area contributed by atoms with Crippen LogP contribution in [0.15, 0.2) is 12.1 Å². The minimum Gasteiger partial charge on any atom is -0.490 e. The van der Waals surface area contributed by atoms with Crippen LogP contribution in [-0.2, 0) is 0 Å². The Bertz CT molecular complexity index is 648. The first-order valence-electron chi connectivity index (χ1n) is 8.97. The monoisotopic (exact) mass is 400 g/mol. The number of hydrogen-bond acceptors (Lipinski definition) is 5. The van der Waals surface area contributed by atoms with E-state index in [1.807, 2.05) is 20.8 Å². The number of piperazine rings is 1. The molecule has 1 aliphatic heterocycles. The lowest BCUT2D eigenvalue weighted by Crippen LogP contribution is -2.52. The van der Waals surface area contributed by atoms with E-state index in [4.69, 9.17) is 25.4 Å². The minimum atomic E-state index is -0.124. The van der Waals surface area contributed by atoms with Gasteiger partial charge in [-0.3, -0.25) is 10.2 Å². The zero-order valence-corrected chi connectivity index (χ0v) is 16.9. The Morgan fingerprint density at radius 3 is 2.00 bits per heavy atom. The summed E-state index contributed by atoms with van der Waals surface area (Å²) in [6.45, 7) is 9.06. The smallest absolute Gasteiger partial charge is 0.257 e. The van der Waals surface area contributed by atoms with Crippen molar-refractivity contribution in [3.63, 3.8) is 0 Å². The van der Waals surface area contributed by atoms with E-state index in [2.05, 4.69) is 0 Å². The summed E-state index contributed by atoms with van der Waals surface area (Å²) in [5.74, 6) is 1.35. The molecular weight excluding hydrogens is 372 g/mol. The van der Waals surface area contributed by atoms with Crippen molar-refractivity contribution in [3.8, 4) is 17.2 Å². The average Bonchev–Trinajstić information content (AvgIpc) is 2.64. The fourth-order valence-electron chi connectivity index (χ4n) is 2.87. The van der Waals surface area contributed by atoms with Crippen LogP contribution in [0.4, 0.5) is 0 Å². The van der Waals surface area contributed by atoms with Crippen molar-refractivity contribution in [3.05, 3.63) is 17.7 Å². The number of benzene rings is 1. The van der Waals surface area contributed by atoms with Crippen molar-refractivity contribution in [2.75, 3.05) is 46.0 Å². The number of nitrogens with two attached hydrogens (primary N) is 1. The molecule has 152 valence electrons. The summed E-state index contributed by atoms with van der Waals surface area (Å²) in [4.78, 5) is 16.5. The highest BCUT2D eigenvalue weighted by atomic mass is 35.5. The molecule has 1 heterocycles. The number of nitrogens with zero attached hydrogens (tertiary/aromatic N) is 2. The fourth-order valence-corrected chi connectivity index (χ4v) is 2.87. The van der Waals surface area contributed by atoms with Crippen molar-refractivity contribution in [2.24, 2.45) is 5.73 Å². The van der Waals surface area contributed by atoms with Crippen molar-refractivity contribution in [1.82, 2.24) is 9.80 Å². The van der Waals surface area contributed by atoms with Crippen molar-refractivity contribution >= 4 is 24.3 Å². The van der Waals surface area contributed by atoms with Crippen LogP contribution in [0.25, 0.3) is 0 Å². The predicted molar refractivity (Wildman–Crippen MR) is 107 cm³/mol. The molecule has 8 nitrogen and oxygen atoms in total. The Morgan fingerprint density at radius 2 is 1.48 bits per heavy atom. The Hall–Kier alpha value is -2.35. The number of rotatable bonds is 7. The van der Waals surface area contributed by atoms with Crippen LogP contribution in [0, 0.1) is 5.41 Å². The van der Waals surface area contributed by atoms with Gasteiger partial charge >= 0.3 is 0 Å². The molecule has 1 aromatic rings. The lowest BCUT2D eigenvalue weighted by Gasteiger charge is -2.35. The second kappa shape index (κ2) is 10.7. The minimum absolute atomic E-state index is 0. The number of amides is 1. The third kappa shape index (κ3) is 5.32. The van der Waals surface area contributed by atoms with Gasteiger partial charge in [0.25, 0.3) is 5.91 Å². The van der Waals surface area contributed by atoms with Gasteiger partial charge in [0, 0.05) is 26.2 Å². The molecule has 0 saturated carbocycles. The average molecular weight is 401 g/mol. The first kappa shape index (κ1) is 22.7. The van der Waals surface area contributed by atoms with Crippen LogP contribution in [-0.4, -0.2) is 67.7 Å². The highest BCUT2D eigenvalue weighted by Crippen LogP contribution is 2.41. The number of hydrogen-bond donors (Lipinski definition) is 2. The Balaban J connectivity index is 0.00000364. The lowest BCUT2D eigenvalue weighted by molar-refractivity contribution is 0.0685. The molecule has 1 aliphatic rings. The van der Waals surface area contributed by atoms with E-state index in [1.165, 1.54) is 0 Å². The SMILES string of the molecule is CCOc1ccc(C(=O)N2CCN(C(=N)N)CC2)c(OCC)c1OCC.Cl. The van der Waals surface area contributed by atoms with E-state index in [0.717, 1.165) is 0 Å². The molecule has 1 saturated heterocycles. The summed E-state index contributed by atoms with van der Waals surface area (Å²) in [5.41, 5.74) is 5.97. The molecule has 0 aromatic heterocycles. The summed E-state index contributed by atoms with van der Waals surface area (Å²) in [6, 6.07) is 3.47.